The van der Waals surface area contributed by atoms with Crippen molar-refractivity contribution in [2.75, 3.05) is 0 Å². The van der Waals surface area contributed by atoms with Crippen LogP contribution in [0.5, 0.6) is 0 Å². The summed E-state index contributed by atoms with van der Waals surface area (Å²) in [5.41, 5.74) is 8.01. The van der Waals surface area contributed by atoms with Crippen molar-refractivity contribution in [1.82, 2.24) is 0 Å². The second-order valence-electron chi connectivity index (χ2n) is 3.14. The predicted octanol–water partition coefficient (Wildman–Crippen LogP) is 1.79. The van der Waals surface area contributed by atoms with Crippen LogP contribution in [-0.4, -0.2) is 11.2 Å². The molecule has 0 aliphatic heterocycles. The van der Waals surface area contributed by atoms with Gasteiger partial charge in [0.25, 0.3) is 0 Å². The monoisotopic (exact) mass is 263 g/mol. The molecular formula is C9H11BrClNO. The first kappa shape index (κ1) is 11.0. The quantitative estimate of drug-likeness (QED) is 0.750. The molecule has 3 N–H and O–H groups in total. The second kappa shape index (κ2) is 3.96. The molecule has 1 aliphatic rings. The molecule has 1 aromatic rings. The van der Waals surface area contributed by atoms with Crippen LogP contribution in [0.1, 0.15) is 17.2 Å². The molecule has 2 nitrogen and oxygen atoms in total. The summed E-state index contributed by atoms with van der Waals surface area (Å²) in [5.74, 6) is 0. The van der Waals surface area contributed by atoms with Crippen LogP contribution in [0.2, 0.25) is 0 Å². The van der Waals surface area contributed by atoms with Gasteiger partial charge in [-0.05, 0) is 23.3 Å². The predicted molar refractivity (Wildman–Crippen MR) is 58.0 cm³/mol. The highest BCUT2D eigenvalue weighted by Crippen LogP contribution is 2.31. The molecule has 0 bridgehead atoms. The van der Waals surface area contributed by atoms with Crippen LogP contribution in [0.4, 0.5) is 0 Å². The summed E-state index contributed by atoms with van der Waals surface area (Å²) in [6.45, 7) is 0. The first-order valence-corrected chi connectivity index (χ1v) is 4.70. The minimum atomic E-state index is -0.408. The van der Waals surface area contributed by atoms with Crippen molar-refractivity contribution < 1.29 is 5.11 Å². The molecule has 0 fully saturated rings. The maximum absolute atomic E-state index is 9.47. The Kier molecular flexibility index (Phi) is 3.35. The van der Waals surface area contributed by atoms with Gasteiger partial charge in [0.05, 0.1) is 12.1 Å². The average molecular weight is 265 g/mol. The minimum absolute atomic E-state index is 0. The van der Waals surface area contributed by atoms with Crippen LogP contribution >= 0.6 is 28.3 Å². The molecule has 1 aromatic carbocycles. The molecule has 4 heteroatoms. The first-order chi connectivity index (χ1) is 5.68. The van der Waals surface area contributed by atoms with Crippen LogP contribution in [-0.2, 0) is 6.42 Å². The Morgan fingerprint density at radius 2 is 2.15 bits per heavy atom. The lowest BCUT2D eigenvalue weighted by Crippen LogP contribution is -2.21. The van der Waals surface area contributed by atoms with Crippen molar-refractivity contribution in [2.45, 2.75) is 18.6 Å². The lowest BCUT2D eigenvalue weighted by molar-refractivity contribution is 0.158. The number of aliphatic hydroxyl groups is 1. The summed E-state index contributed by atoms with van der Waals surface area (Å²) in [4.78, 5) is 0. The number of benzene rings is 1. The third-order valence-corrected chi connectivity index (χ3v) is 2.80. The molecule has 1 aliphatic carbocycles. The van der Waals surface area contributed by atoms with Crippen molar-refractivity contribution in [3.8, 4) is 0 Å². The summed E-state index contributed by atoms with van der Waals surface area (Å²) in [6.07, 6.45) is 0.268. The van der Waals surface area contributed by atoms with E-state index in [9.17, 15) is 5.11 Å². The third-order valence-electron chi connectivity index (χ3n) is 2.31. The fourth-order valence-corrected chi connectivity index (χ4v) is 2.04. The number of hydrogen-bond acceptors (Lipinski definition) is 2. The smallest absolute Gasteiger partial charge is 0.0773 e. The van der Waals surface area contributed by atoms with Crippen LogP contribution < -0.4 is 5.73 Å². The van der Waals surface area contributed by atoms with E-state index >= 15 is 0 Å². The number of hydrogen-bond donors (Lipinski definition) is 2. The molecule has 2 atom stereocenters. The van der Waals surface area contributed by atoms with Crippen LogP contribution in [0.15, 0.2) is 22.7 Å². The van der Waals surface area contributed by atoms with E-state index in [-0.39, 0.29) is 18.4 Å². The molecule has 0 aromatic heterocycles. The zero-order valence-electron chi connectivity index (χ0n) is 6.90. The third kappa shape index (κ3) is 1.89. The molecule has 2 rings (SSSR count). The Hall–Kier alpha value is -0.0900. The van der Waals surface area contributed by atoms with Crippen molar-refractivity contribution >= 4 is 28.3 Å². The van der Waals surface area contributed by atoms with Gasteiger partial charge in [0.1, 0.15) is 0 Å². The van der Waals surface area contributed by atoms with Crippen molar-refractivity contribution in [3.05, 3.63) is 33.8 Å². The second-order valence-corrected chi connectivity index (χ2v) is 4.06. The fraction of sp³-hybridized carbons (Fsp3) is 0.333. The van der Waals surface area contributed by atoms with Crippen molar-refractivity contribution in [3.63, 3.8) is 0 Å². The van der Waals surface area contributed by atoms with Gasteiger partial charge in [-0.2, -0.15) is 0 Å². The molecule has 0 saturated carbocycles. The van der Waals surface area contributed by atoms with E-state index in [0.717, 1.165) is 15.6 Å². The molecule has 72 valence electrons. The van der Waals surface area contributed by atoms with Gasteiger partial charge in [0, 0.05) is 10.9 Å². The Bertz CT molecular complexity index is 318. The van der Waals surface area contributed by atoms with Gasteiger partial charge in [-0.1, -0.05) is 22.0 Å². The number of rotatable bonds is 0. The molecule has 0 saturated heterocycles. The van der Waals surface area contributed by atoms with E-state index in [0.29, 0.717) is 6.42 Å². The van der Waals surface area contributed by atoms with E-state index in [4.69, 9.17) is 5.73 Å². The van der Waals surface area contributed by atoms with Crippen molar-refractivity contribution in [1.29, 1.82) is 0 Å². The Balaban J connectivity index is 0.000000845. The maximum atomic E-state index is 9.47. The van der Waals surface area contributed by atoms with E-state index < -0.39 is 6.10 Å². The maximum Gasteiger partial charge on any atom is 0.0773 e. The SMILES string of the molecule is Cl.N[C@@H]1c2ccc(Br)cc2C[C@H]1O. The molecule has 0 spiro atoms. The van der Waals surface area contributed by atoms with Gasteiger partial charge in [0.15, 0.2) is 0 Å². The Labute approximate surface area is 91.7 Å². The zero-order chi connectivity index (χ0) is 8.72. The molecule has 0 radical (unpaired) electrons. The van der Waals surface area contributed by atoms with E-state index in [1.807, 2.05) is 18.2 Å². The van der Waals surface area contributed by atoms with Gasteiger partial charge in [0.2, 0.25) is 0 Å². The largest absolute Gasteiger partial charge is 0.391 e. The standard InChI is InChI=1S/C9H10BrNO.ClH/c10-6-1-2-7-5(3-6)4-8(12)9(7)11;/h1-3,8-9,12H,4,11H2;1H/t8-,9-;/m1./s1. The van der Waals surface area contributed by atoms with Gasteiger partial charge in [-0.3, -0.25) is 0 Å². The summed E-state index contributed by atoms with van der Waals surface area (Å²) in [5, 5.41) is 9.47. The van der Waals surface area contributed by atoms with Gasteiger partial charge >= 0.3 is 0 Å². The highest BCUT2D eigenvalue weighted by Gasteiger charge is 2.27. The number of fused-ring (bicyclic) bond motifs is 1. The Morgan fingerprint density at radius 1 is 1.46 bits per heavy atom. The lowest BCUT2D eigenvalue weighted by atomic mass is 10.1. The fourth-order valence-electron chi connectivity index (χ4n) is 1.64. The van der Waals surface area contributed by atoms with Crippen LogP contribution in [0.25, 0.3) is 0 Å². The number of halogens is 2. The van der Waals surface area contributed by atoms with Gasteiger partial charge < -0.3 is 10.8 Å². The highest BCUT2D eigenvalue weighted by molar-refractivity contribution is 9.10. The van der Waals surface area contributed by atoms with Crippen molar-refractivity contribution in [2.24, 2.45) is 5.73 Å². The number of aliphatic hydroxyl groups excluding tert-OH is 1. The van der Waals surface area contributed by atoms with E-state index in [2.05, 4.69) is 15.9 Å². The summed E-state index contributed by atoms with van der Waals surface area (Å²) in [7, 11) is 0. The van der Waals surface area contributed by atoms with E-state index in [1.165, 1.54) is 0 Å². The van der Waals surface area contributed by atoms with Gasteiger partial charge in [-0.15, -0.1) is 12.4 Å². The summed E-state index contributed by atoms with van der Waals surface area (Å²) >= 11 is 3.38. The topological polar surface area (TPSA) is 46.2 Å². The molecule has 0 unspecified atom stereocenters. The van der Waals surface area contributed by atoms with Crippen LogP contribution in [0, 0.1) is 0 Å². The van der Waals surface area contributed by atoms with Gasteiger partial charge in [-0.25, -0.2) is 0 Å². The summed E-state index contributed by atoms with van der Waals surface area (Å²) in [6, 6.07) is 5.75. The minimum Gasteiger partial charge on any atom is -0.391 e. The lowest BCUT2D eigenvalue weighted by Gasteiger charge is -2.07. The zero-order valence-corrected chi connectivity index (χ0v) is 9.31. The summed E-state index contributed by atoms with van der Waals surface area (Å²) < 4.78 is 1.04. The molecule has 0 amide bonds. The van der Waals surface area contributed by atoms with E-state index in [1.54, 1.807) is 0 Å². The normalized spacial score (nSPS) is 25.2. The highest BCUT2D eigenvalue weighted by atomic mass is 79.9. The molecule has 0 heterocycles. The van der Waals surface area contributed by atoms with Crippen LogP contribution in [0.3, 0.4) is 0 Å². The molecular weight excluding hydrogens is 253 g/mol. The first-order valence-electron chi connectivity index (χ1n) is 3.90. The Morgan fingerprint density at radius 3 is 2.85 bits per heavy atom. The average Bonchev–Trinajstić information content (AvgIpc) is 2.28. The number of nitrogens with two attached hydrogens (primary N) is 1. The molecule has 13 heavy (non-hydrogen) atoms.